The normalized spacial score (nSPS) is 22.6. The smallest absolute Gasteiger partial charge is 0.341 e. The third-order valence-corrected chi connectivity index (χ3v) is 9.31. The van der Waals surface area contributed by atoms with Crippen LogP contribution in [-0.4, -0.2) is 31.0 Å². The molecule has 3 atom stereocenters. The Kier molecular flexibility index (Phi) is 6.64. The van der Waals surface area contributed by atoms with E-state index in [-0.39, 0.29) is 0 Å². The molecule has 7 nitrogen and oxygen atoms in total. The number of anilines is 2. The van der Waals surface area contributed by atoms with Crippen LogP contribution in [0.15, 0.2) is 42.5 Å². The highest BCUT2D eigenvalue weighted by molar-refractivity contribution is 7.17. The van der Waals surface area contributed by atoms with Crippen molar-refractivity contribution in [3.8, 4) is 0 Å². The predicted octanol–water partition coefficient (Wildman–Crippen LogP) is 6.42. The van der Waals surface area contributed by atoms with E-state index in [9.17, 15) is 14.4 Å². The molecule has 196 valence electrons. The molecule has 1 aromatic heterocycles. The number of carbonyl (C=O) groups excluding carboxylic acids is 3. The van der Waals surface area contributed by atoms with E-state index < -0.39 is 35.8 Å². The fourth-order valence-corrected chi connectivity index (χ4v) is 7.54. The van der Waals surface area contributed by atoms with Gasteiger partial charge < -0.3 is 4.74 Å². The molecule has 0 saturated carbocycles. The van der Waals surface area contributed by atoms with Gasteiger partial charge in [0.2, 0.25) is 5.91 Å². The van der Waals surface area contributed by atoms with Crippen molar-refractivity contribution in [2.45, 2.75) is 37.8 Å². The molecule has 1 aliphatic carbocycles. The summed E-state index contributed by atoms with van der Waals surface area (Å²) < 4.78 is 5.07. The van der Waals surface area contributed by atoms with Crippen molar-refractivity contribution in [1.29, 1.82) is 0 Å². The van der Waals surface area contributed by atoms with Gasteiger partial charge >= 0.3 is 5.97 Å². The molecule has 0 unspecified atom stereocenters. The number of carbonyl (C=O) groups is 3. The Hall–Kier alpha value is -2.62. The fraction of sp³-hybridized carbons (Fsp3) is 0.296. The Labute approximate surface area is 237 Å². The molecule has 3 aromatic rings. The van der Waals surface area contributed by atoms with Crippen molar-refractivity contribution in [3.05, 3.63) is 79.1 Å². The van der Waals surface area contributed by atoms with E-state index in [1.165, 1.54) is 23.5 Å². The number of amides is 2. The number of hydrogen-bond acceptors (Lipinski definition) is 7. The minimum absolute atomic E-state index is 0.296. The first-order valence-electron chi connectivity index (χ1n) is 12.1. The van der Waals surface area contributed by atoms with Crippen molar-refractivity contribution < 1.29 is 24.0 Å². The lowest BCUT2D eigenvalue weighted by Gasteiger charge is -2.29. The van der Waals surface area contributed by atoms with E-state index >= 15 is 0 Å². The van der Waals surface area contributed by atoms with Crippen LogP contribution in [0.1, 0.15) is 45.2 Å². The van der Waals surface area contributed by atoms with Crippen LogP contribution in [0.2, 0.25) is 15.1 Å². The molecule has 2 fully saturated rings. The highest BCUT2D eigenvalue weighted by atomic mass is 35.5. The molecular weight excluding hydrogens is 571 g/mol. The summed E-state index contributed by atoms with van der Waals surface area (Å²) in [6, 6.07) is 11.2. The zero-order valence-corrected chi connectivity index (χ0v) is 23.2. The van der Waals surface area contributed by atoms with E-state index in [0.29, 0.717) is 43.3 Å². The molecule has 0 radical (unpaired) electrons. The molecule has 11 heteroatoms. The number of aryl methyl sites for hydroxylation is 1. The van der Waals surface area contributed by atoms with Crippen LogP contribution >= 0.6 is 46.1 Å². The third kappa shape index (κ3) is 4.01. The van der Waals surface area contributed by atoms with Gasteiger partial charge in [0.15, 0.2) is 6.10 Å². The maximum absolute atomic E-state index is 14.1. The lowest BCUT2D eigenvalue weighted by atomic mass is 9.90. The number of imide groups is 1. The number of nitrogens with zero attached hydrogens (tertiary/aromatic N) is 2. The van der Waals surface area contributed by atoms with E-state index in [2.05, 4.69) is 0 Å². The number of thiophene rings is 1. The Bertz CT molecular complexity index is 1470. The molecule has 2 saturated heterocycles. The van der Waals surface area contributed by atoms with Gasteiger partial charge in [-0.1, -0.05) is 40.9 Å². The standard InChI is InChI=1S/C27H21Cl3N2O5S/c1-36-27(35)20-17-4-2-3-5-19(17)38-26(20)31-24(33)21-22(16-11-8-14(29)12-18(16)30)32(37-23(21)25(31)34)15-9-6-13(28)7-10-15/h6-12,21-23H,2-5H2,1H3/t21-,22-,23-/m0/s1. The second kappa shape index (κ2) is 9.84. The minimum Gasteiger partial charge on any atom is -0.465 e. The van der Waals surface area contributed by atoms with Crippen molar-refractivity contribution in [1.82, 2.24) is 0 Å². The largest absolute Gasteiger partial charge is 0.465 e. The Balaban J connectivity index is 1.46. The molecule has 2 aliphatic heterocycles. The van der Waals surface area contributed by atoms with E-state index in [1.54, 1.807) is 42.5 Å². The number of benzene rings is 2. The molecule has 0 bridgehead atoms. The summed E-state index contributed by atoms with van der Waals surface area (Å²) >= 11 is 20.2. The molecule has 0 spiro atoms. The van der Waals surface area contributed by atoms with Gasteiger partial charge in [-0.3, -0.25) is 14.4 Å². The molecule has 3 aliphatic rings. The number of hydroxylamine groups is 1. The average Bonchev–Trinajstić information content (AvgIpc) is 3.54. The first-order chi connectivity index (χ1) is 18.3. The van der Waals surface area contributed by atoms with Crippen LogP contribution in [0.5, 0.6) is 0 Å². The van der Waals surface area contributed by atoms with Gasteiger partial charge in [0.05, 0.1) is 24.4 Å². The number of esters is 1. The molecule has 2 amide bonds. The van der Waals surface area contributed by atoms with Crippen molar-refractivity contribution in [2.24, 2.45) is 5.92 Å². The Morgan fingerprint density at radius 1 is 1.00 bits per heavy atom. The molecule has 0 N–H and O–H groups in total. The van der Waals surface area contributed by atoms with Gasteiger partial charge in [0.1, 0.15) is 10.9 Å². The highest BCUT2D eigenvalue weighted by Crippen LogP contribution is 2.51. The maximum atomic E-state index is 14.1. The average molecular weight is 592 g/mol. The lowest BCUT2D eigenvalue weighted by Crippen LogP contribution is -2.37. The van der Waals surface area contributed by atoms with Crippen LogP contribution in [0, 0.1) is 5.92 Å². The molecular formula is C27H21Cl3N2O5S. The van der Waals surface area contributed by atoms with Crippen LogP contribution in [0.3, 0.4) is 0 Å². The number of rotatable bonds is 4. The lowest BCUT2D eigenvalue weighted by molar-refractivity contribution is -0.126. The van der Waals surface area contributed by atoms with Crippen molar-refractivity contribution in [2.75, 3.05) is 17.1 Å². The quantitative estimate of drug-likeness (QED) is 0.257. The molecule has 2 aromatic carbocycles. The van der Waals surface area contributed by atoms with Gasteiger partial charge in [-0.15, -0.1) is 11.3 Å². The van der Waals surface area contributed by atoms with Gasteiger partial charge in [-0.25, -0.2) is 14.8 Å². The topological polar surface area (TPSA) is 76.2 Å². The number of hydrogen-bond donors (Lipinski definition) is 0. The molecule has 38 heavy (non-hydrogen) atoms. The third-order valence-electron chi connectivity index (χ3n) is 7.22. The van der Waals surface area contributed by atoms with E-state index in [4.69, 9.17) is 44.4 Å². The highest BCUT2D eigenvalue weighted by Gasteiger charge is 2.61. The SMILES string of the molecule is COC(=O)c1c(N2C(=O)[C@@H]3[C@H](ON(c4ccc(Cl)cc4)[C@H]3c3ccc(Cl)cc3Cl)C2=O)sc2c1CCCC2. The number of ether oxygens (including phenoxy) is 1. The second-order valence-electron chi connectivity index (χ2n) is 9.36. The summed E-state index contributed by atoms with van der Waals surface area (Å²) in [6.45, 7) is 0. The van der Waals surface area contributed by atoms with Gasteiger partial charge in [-0.05, 0) is 73.2 Å². The first-order valence-corrected chi connectivity index (χ1v) is 14.0. The van der Waals surface area contributed by atoms with E-state index in [0.717, 1.165) is 34.6 Å². The summed E-state index contributed by atoms with van der Waals surface area (Å²) in [5.74, 6) is -2.47. The van der Waals surface area contributed by atoms with Crippen LogP contribution in [-0.2, 0) is 32.0 Å². The summed E-state index contributed by atoms with van der Waals surface area (Å²) in [4.78, 5) is 49.2. The minimum atomic E-state index is -1.11. The summed E-state index contributed by atoms with van der Waals surface area (Å²) in [7, 11) is 1.30. The van der Waals surface area contributed by atoms with Crippen molar-refractivity contribution in [3.63, 3.8) is 0 Å². The van der Waals surface area contributed by atoms with Crippen LogP contribution in [0.4, 0.5) is 10.7 Å². The summed E-state index contributed by atoms with van der Waals surface area (Å²) in [5.41, 5.74) is 2.35. The predicted molar refractivity (Wildman–Crippen MR) is 146 cm³/mol. The summed E-state index contributed by atoms with van der Waals surface area (Å²) in [6.07, 6.45) is 2.29. The fourth-order valence-electron chi connectivity index (χ4n) is 5.51. The zero-order valence-electron chi connectivity index (χ0n) is 20.1. The maximum Gasteiger partial charge on any atom is 0.341 e. The number of methoxy groups -OCH3 is 1. The molecule has 3 heterocycles. The first kappa shape index (κ1) is 25.6. The van der Waals surface area contributed by atoms with Crippen LogP contribution < -0.4 is 9.96 Å². The zero-order chi connectivity index (χ0) is 26.7. The van der Waals surface area contributed by atoms with Crippen molar-refractivity contribution >= 4 is 74.6 Å². The number of halogens is 3. The summed E-state index contributed by atoms with van der Waals surface area (Å²) in [5, 5.41) is 3.15. The number of fused-ring (bicyclic) bond motifs is 2. The van der Waals surface area contributed by atoms with Crippen LogP contribution in [0.25, 0.3) is 0 Å². The van der Waals surface area contributed by atoms with E-state index in [1.807, 2.05) is 0 Å². The van der Waals surface area contributed by atoms with Gasteiger partial charge in [-0.2, -0.15) is 0 Å². The van der Waals surface area contributed by atoms with Gasteiger partial charge in [0.25, 0.3) is 5.91 Å². The Morgan fingerprint density at radius 3 is 2.42 bits per heavy atom. The molecule has 6 rings (SSSR count). The monoisotopic (exact) mass is 590 g/mol. The Morgan fingerprint density at radius 2 is 1.71 bits per heavy atom. The second-order valence-corrected chi connectivity index (χ2v) is 11.7. The van der Waals surface area contributed by atoms with Gasteiger partial charge in [0, 0.05) is 19.9 Å².